The molecule has 0 aliphatic rings. The van der Waals surface area contributed by atoms with Gasteiger partial charge < -0.3 is 9.21 Å². The largest absolute Gasteiger partial charge is 0.465 e. The van der Waals surface area contributed by atoms with Crippen molar-refractivity contribution in [1.29, 1.82) is 0 Å². The normalized spacial score (nSPS) is 13.0. The number of furan rings is 1. The van der Waals surface area contributed by atoms with Crippen LogP contribution in [-0.2, 0) is 4.79 Å². The molecule has 0 aliphatic carbocycles. The predicted molar refractivity (Wildman–Crippen MR) is 52.2 cm³/mol. The van der Waals surface area contributed by atoms with Crippen LogP contribution in [0.3, 0.4) is 0 Å². The lowest BCUT2D eigenvalue weighted by molar-refractivity contribution is -0.113. The van der Waals surface area contributed by atoms with Crippen molar-refractivity contribution in [2.24, 2.45) is 5.41 Å². The van der Waals surface area contributed by atoms with Crippen LogP contribution < -0.4 is 0 Å². The van der Waals surface area contributed by atoms with E-state index in [4.69, 9.17) is 4.42 Å². The van der Waals surface area contributed by atoms with Crippen LogP contribution in [0.5, 0.6) is 0 Å². The predicted octanol–water partition coefficient (Wildman–Crippen LogP) is 2.91. The molecule has 13 heavy (non-hydrogen) atoms. The van der Waals surface area contributed by atoms with Crippen molar-refractivity contribution < 1.29 is 9.21 Å². The minimum atomic E-state index is -0.410. The second-order valence-corrected chi connectivity index (χ2v) is 3.68. The van der Waals surface area contributed by atoms with Crippen LogP contribution in [0.2, 0.25) is 0 Å². The zero-order chi connectivity index (χ0) is 9.90. The quantitative estimate of drug-likeness (QED) is 0.666. The van der Waals surface area contributed by atoms with Gasteiger partial charge in [-0.15, -0.1) is 0 Å². The first-order valence-electron chi connectivity index (χ1n) is 4.25. The van der Waals surface area contributed by atoms with Crippen molar-refractivity contribution in [3.63, 3.8) is 0 Å². The smallest absolute Gasteiger partial charge is 0.129 e. The van der Waals surface area contributed by atoms with E-state index >= 15 is 0 Å². The summed E-state index contributed by atoms with van der Waals surface area (Å²) < 4.78 is 5.15. The summed E-state index contributed by atoms with van der Waals surface area (Å²) in [5, 5.41) is 0. The minimum absolute atomic E-state index is 0.410. The van der Waals surface area contributed by atoms with Crippen LogP contribution >= 0.6 is 0 Å². The third-order valence-electron chi connectivity index (χ3n) is 2.21. The Kier molecular flexibility index (Phi) is 2.71. The van der Waals surface area contributed by atoms with E-state index in [1.54, 1.807) is 6.26 Å². The zero-order valence-electron chi connectivity index (χ0n) is 8.20. The highest BCUT2D eigenvalue weighted by Gasteiger charge is 2.18. The van der Waals surface area contributed by atoms with Gasteiger partial charge in [-0.2, -0.15) is 0 Å². The van der Waals surface area contributed by atoms with Gasteiger partial charge in [0.15, 0.2) is 0 Å². The van der Waals surface area contributed by atoms with Gasteiger partial charge in [-0.25, -0.2) is 0 Å². The molecule has 0 N–H and O–H groups in total. The molecule has 0 bridgehead atoms. The van der Waals surface area contributed by atoms with Crippen LogP contribution in [0, 0.1) is 5.41 Å². The fourth-order valence-electron chi connectivity index (χ4n) is 0.866. The molecule has 0 atom stereocenters. The van der Waals surface area contributed by atoms with Gasteiger partial charge in [0, 0.05) is 5.41 Å². The molecular formula is C11H14O2. The van der Waals surface area contributed by atoms with Crippen molar-refractivity contribution >= 4 is 12.4 Å². The van der Waals surface area contributed by atoms with Crippen molar-refractivity contribution in [2.75, 3.05) is 0 Å². The molecule has 0 radical (unpaired) electrons. The highest BCUT2D eigenvalue weighted by atomic mass is 16.3. The Morgan fingerprint density at radius 1 is 1.54 bits per heavy atom. The minimum Gasteiger partial charge on any atom is -0.465 e. The first kappa shape index (κ1) is 9.78. The Bertz CT molecular complexity index is 305. The highest BCUT2D eigenvalue weighted by Crippen LogP contribution is 2.24. The molecule has 0 spiro atoms. The maximum atomic E-state index is 10.7. The molecule has 0 aliphatic heterocycles. The maximum absolute atomic E-state index is 10.7. The summed E-state index contributed by atoms with van der Waals surface area (Å²) in [5.41, 5.74) is 0.588. The zero-order valence-corrected chi connectivity index (χ0v) is 8.20. The van der Waals surface area contributed by atoms with Gasteiger partial charge >= 0.3 is 0 Å². The van der Waals surface area contributed by atoms with Crippen molar-refractivity contribution in [3.05, 3.63) is 29.7 Å². The lowest BCUT2D eigenvalue weighted by atomic mass is 9.86. The molecule has 1 aromatic heterocycles. The second kappa shape index (κ2) is 3.60. The molecule has 1 heterocycles. The Morgan fingerprint density at radius 2 is 2.23 bits per heavy atom. The van der Waals surface area contributed by atoms with E-state index in [2.05, 4.69) is 0 Å². The van der Waals surface area contributed by atoms with Gasteiger partial charge in [-0.1, -0.05) is 5.57 Å². The standard InChI is InChI=1S/C11H14O2/c1-9(11(2,3)8-12)7-10-5-4-6-13-10/h4-8H,1-3H3/b9-7+. The van der Waals surface area contributed by atoms with Crippen LogP contribution in [0.4, 0.5) is 0 Å². The third kappa shape index (κ3) is 2.31. The summed E-state index contributed by atoms with van der Waals surface area (Å²) in [4.78, 5) is 10.7. The average Bonchev–Trinajstić information content (AvgIpc) is 2.57. The summed E-state index contributed by atoms with van der Waals surface area (Å²) in [6.07, 6.45) is 4.45. The average molecular weight is 178 g/mol. The fraction of sp³-hybridized carbons (Fsp3) is 0.364. The topological polar surface area (TPSA) is 30.2 Å². The fourth-order valence-corrected chi connectivity index (χ4v) is 0.866. The number of allylic oxidation sites excluding steroid dienone is 1. The molecular weight excluding hydrogens is 164 g/mol. The van der Waals surface area contributed by atoms with E-state index in [9.17, 15) is 4.79 Å². The Hall–Kier alpha value is -1.31. The second-order valence-electron chi connectivity index (χ2n) is 3.68. The number of carbonyl (C=O) groups is 1. The summed E-state index contributed by atoms with van der Waals surface area (Å²) in [5.74, 6) is 0.785. The molecule has 0 aromatic carbocycles. The summed E-state index contributed by atoms with van der Waals surface area (Å²) in [6, 6.07) is 3.69. The van der Waals surface area contributed by atoms with Crippen molar-refractivity contribution in [3.8, 4) is 0 Å². The summed E-state index contributed by atoms with van der Waals surface area (Å²) in [7, 11) is 0. The highest BCUT2D eigenvalue weighted by molar-refractivity contribution is 5.67. The summed E-state index contributed by atoms with van der Waals surface area (Å²) >= 11 is 0. The number of hydrogen-bond acceptors (Lipinski definition) is 2. The van der Waals surface area contributed by atoms with Gasteiger partial charge in [-0.05, 0) is 39.0 Å². The van der Waals surface area contributed by atoms with Crippen LogP contribution in [0.1, 0.15) is 26.5 Å². The molecule has 0 fully saturated rings. The molecule has 0 saturated carbocycles. The van der Waals surface area contributed by atoms with E-state index in [1.165, 1.54) is 0 Å². The molecule has 0 amide bonds. The lowest BCUT2D eigenvalue weighted by Crippen LogP contribution is -2.13. The van der Waals surface area contributed by atoms with Gasteiger partial charge in [-0.3, -0.25) is 0 Å². The molecule has 70 valence electrons. The molecule has 2 heteroatoms. The first-order chi connectivity index (χ1) is 6.06. The SMILES string of the molecule is C/C(=C\c1ccco1)C(C)(C)C=O. The third-order valence-corrected chi connectivity index (χ3v) is 2.21. The number of aldehydes is 1. The van der Waals surface area contributed by atoms with Crippen LogP contribution in [-0.4, -0.2) is 6.29 Å². The van der Waals surface area contributed by atoms with Gasteiger partial charge in [0.2, 0.25) is 0 Å². The Morgan fingerprint density at radius 3 is 2.69 bits per heavy atom. The van der Waals surface area contributed by atoms with E-state index in [-0.39, 0.29) is 0 Å². The molecule has 0 unspecified atom stereocenters. The number of hydrogen-bond donors (Lipinski definition) is 0. The van der Waals surface area contributed by atoms with Gasteiger partial charge in [0.05, 0.1) is 6.26 Å². The molecule has 1 rings (SSSR count). The maximum Gasteiger partial charge on any atom is 0.129 e. The van der Waals surface area contributed by atoms with Crippen molar-refractivity contribution in [1.82, 2.24) is 0 Å². The molecule has 2 nitrogen and oxygen atoms in total. The lowest BCUT2D eigenvalue weighted by Gasteiger charge is -2.16. The molecule has 1 aromatic rings. The van der Waals surface area contributed by atoms with Crippen molar-refractivity contribution in [2.45, 2.75) is 20.8 Å². The monoisotopic (exact) mass is 178 g/mol. The van der Waals surface area contributed by atoms with Crippen LogP contribution in [0.25, 0.3) is 6.08 Å². The Labute approximate surface area is 78.3 Å². The van der Waals surface area contributed by atoms with E-state index in [1.807, 2.05) is 39.0 Å². The van der Waals surface area contributed by atoms with Crippen LogP contribution in [0.15, 0.2) is 28.4 Å². The number of carbonyl (C=O) groups excluding carboxylic acids is 1. The van der Waals surface area contributed by atoms with Gasteiger partial charge in [0.1, 0.15) is 12.0 Å². The Balaban J connectivity index is 2.90. The van der Waals surface area contributed by atoms with E-state index in [0.717, 1.165) is 17.6 Å². The molecule has 0 saturated heterocycles. The van der Waals surface area contributed by atoms with Gasteiger partial charge in [0.25, 0.3) is 0 Å². The van der Waals surface area contributed by atoms with E-state index < -0.39 is 5.41 Å². The number of rotatable bonds is 3. The first-order valence-corrected chi connectivity index (χ1v) is 4.25. The summed E-state index contributed by atoms with van der Waals surface area (Å²) in [6.45, 7) is 5.69. The van der Waals surface area contributed by atoms with E-state index in [0.29, 0.717) is 0 Å².